The van der Waals surface area contributed by atoms with Crippen LogP contribution in [0, 0.1) is 0 Å². The third-order valence-electron chi connectivity index (χ3n) is 4.63. The van der Waals surface area contributed by atoms with Crippen molar-refractivity contribution in [2.75, 3.05) is 0 Å². The number of hydrogen-bond acceptors (Lipinski definition) is 6. The molecule has 0 heterocycles. The zero-order chi connectivity index (χ0) is 24.8. The monoisotopic (exact) mass is 466 g/mol. The second-order valence-corrected chi connectivity index (χ2v) is 7.11. The SMILES string of the molecule is O=C(O)c1cc(OCc2ccc(COc3cc(C(=O)O)cc(C(=O)O)c3)cc2)cc(C(=O)O)c1. The number of rotatable bonds is 10. The third-order valence-corrected chi connectivity index (χ3v) is 4.63. The van der Waals surface area contributed by atoms with E-state index in [1.807, 2.05) is 0 Å². The van der Waals surface area contributed by atoms with Crippen LogP contribution in [0.1, 0.15) is 52.6 Å². The fraction of sp³-hybridized carbons (Fsp3) is 0.0833. The first-order valence-corrected chi connectivity index (χ1v) is 9.69. The molecule has 0 unspecified atom stereocenters. The summed E-state index contributed by atoms with van der Waals surface area (Å²) in [5.74, 6) is -4.92. The molecule has 0 fully saturated rings. The van der Waals surface area contributed by atoms with Gasteiger partial charge in [0, 0.05) is 0 Å². The van der Waals surface area contributed by atoms with Gasteiger partial charge in [-0.15, -0.1) is 0 Å². The number of carboxylic acids is 4. The molecule has 34 heavy (non-hydrogen) atoms. The van der Waals surface area contributed by atoms with E-state index in [0.29, 0.717) is 11.1 Å². The number of benzene rings is 3. The third kappa shape index (κ3) is 6.10. The smallest absolute Gasteiger partial charge is 0.335 e. The highest BCUT2D eigenvalue weighted by atomic mass is 16.5. The van der Waals surface area contributed by atoms with Gasteiger partial charge < -0.3 is 29.9 Å². The van der Waals surface area contributed by atoms with Gasteiger partial charge in [-0.2, -0.15) is 0 Å². The van der Waals surface area contributed by atoms with Crippen molar-refractivity contribution in [3.63, 3.8) is 0 Å². The molecule has 0 saturated carbocycles. The minimum absolute atomic E-state index is 0.0475. The molecule has 0 bridgehead atoms. The number of carboxylic acid groups (broad SMARTS) is 4. The molecule has 0 saturated heterocycles. The van der Waals surface area contributed by atoms with E-state index in [4.69, 9.17) is 29.9 Å². The second kappa shape index (κ2) is 10.2. The number of carbonyl (C=O) groups is 4. The lowest BCUT2D eigenvalue weighted by Gasteiger charge is -2.11. The summed E-state index contributed by atoms with van der Waals surface area (Å²) in [7, 11) is 0. The lowest BCUT2D eigenvalue weighted by Crippen LogP contribution is -2.05. The zero-order valence-corrected chi connectivity index (χ0v) is 17.4. The predicted octanol–water partition coefficient (Wildman–Crippen LogP) is 3.64. The topological polar surface area (TPSA) is 168 Å². The van der Waals surface area contributed by atoms with Crippen molar-refractivity contribution >= 4 is 23.9 Å². The van der Waals surface area contributed by atoms with Crippen molar-refractivity contribution in [2.45, 2.75) is 13.2 Å². The highest BCUT2D eigenvalue weighted by Gasteiger charge is 2.13. The summed E-state index contributed by atoms with van der Waals surface area (Å²) in [5, 5.41) is 36.5. The Kier molecular flexibility index (Phi) is 7.12. The van der Waals surface area contributed by atoms with Crippen molar-refractivity contribution in [3.8, 4) is 11.5 Å². The average Bonchev–Trinajstić information content (AvgIpc) is 2.81. The first kappa shape index (κ1) is 23.8. The fourth-order valence-corrected chi connectivity index (χ4v) is 2.92. The Morgan fingerprint density at radius 1 is 0.500 bits per heavy atom. The molecule has 174 valence electrons. The van der Waals surface area contributed by atoms with Crippen molar-refractivity contribution in [1.82, 2.24) is 0 Å². The molecular formula is C24H18O10. The summed E-state index contributed by atoms with van der Waals surface area (Å²) in [4.78, 5) is 44.8. The van der Waals surface area contributed by atoms with E-state index in [-0.39, 0.29) is 47.0 Å². The van der Waals surface area contributed by atoms with Gasteiger partial charge in [0.25, 0.3) is 0 Å². The van der Waals surface area contributed by atoms with Crippen LogP contribution in [0.5, 0.6) is 11.5 Å². The van der Waals surface area contributed by atoms with Gasteiger partial charge in [0.2, 0.25) is 0 Å². The largest absolute Gasteiger partial charge is 0.489 e. The Morgan fingerprint density at radius 2 is 0.765 bits per heavy atom. The highest BCUT2D eigenvalue weighted by molar-refractivity contribution is 5.95. The maximum Gasteiger partial charge on any atom is 0.335 e. The maximum absolute atomic E-state index is 11.2. The Bertz CT molecular complexity index is 1100. The van der Waals surface area contributed by atoms with Gasteiger partial charge in [-0.3, -0.25) is 0 Å². The lowest BCUT2D eigenvalue weighted by atomic mass is 10.1. The average molecular weight is 466 g/mol. The van der Waals surface area contributed by atoms with Crippen LogP contribution in [0.2, 0.25) is 0 Å². The van der Waals surface area contributed by atoms with E-state index in [9.17, 15) is 19.2 Å². The quantitative estimate of drug-likeness (QED) is 0.346. The molecule has 3 aromatic carbocycles. The molecule has 4 N–H and O–H groups in total. The molecule has 0 aromatic heterocycles. The van der Waals surface area contributed by atoms with Gasteiger partial charge in [-0.1, -0.05) is 24.3 Å². The van der Waals surface area contributed by atoms with Crippen LogP contribution >= 0.6 is 0 Å². The molecule has 0 amide bonds. The van der Waals surface area contributed by atoms with Gasteiger partial charge in [0.15, 0.2) is 0 Å². The number of hydrogen-bond donors (Lipinski definition) is 4. The summed E-state index contributed by atoms with van der Waals surface area (Å²) in [6.45, 7) is 0.0950. The first-order valence-electron chi connectivity index (χ1n) is 9.69. The van der Waals surface area contributed by atoms with Crippen LogP contribution in [0.15, 0.2) is 60.7 Å². The second-order valence-electron chi connectivity index (χ2n) is 7.11. The Hall–Kier alpha value is -4.86. The predicted molar refractivity (Wildman–Crippen MR) is 116 cm³/mol. The molecule has 10 heteroatoms. The van der Waals surface area contributed by atoms with Crippen molar-refractivity contribution in [1.29, 1.82) is 0 Å². The Labute approximate surface area is 192 Å². The fourth-order valence-electron chi connectivity index (χ4n) is 2.92. The summed E-state index contributed by atoms with van der Waals surface area (Å²) in [6, 6.07) is 13.9. The van der Waals surface area contributed by atoms with Gasteiger partial charge in [-0.05, 0) is 47.5 Å². The van der Waals surface area contributed by atoms with E-state index in [0.717, 1.165) is 12.1 Å². The minimum atomic E-state index is -1.28. The van der Waals surface area contributed by atoms with E-state index >= 15 is 0 Å². The Balaban J connectivity index is 1.65. The highest BCUT2D eigenvalue weighted by Crippen LogP contribution is 2.21. The van der Waals surface area contributed by atoms with Crippen LogP contribution in [-0.2, 0) is 13.2 Å². The van der Waals surface area contributed by atoms with Gasteiger partial charge >= 0.3 is 23.9 Å². The van der Waals surface area contributed by atoms with Gasteiger partial charge in [-0.25, -0.2) is 19.2 Å². The van der Waals surface area contributed by atoms with Crippen molar-refractivity contribution < 1.29 is 49.1 Å². The molecular weight excluding hydrogens is 448 g/mol. The van der Waals surface area contributed by atoms with Crippen LogP contribution in [0.3, 0.4) is 0 Å². The summed E-state index contributed by atoms with van der Waals surface area (Å²) >= 11 is 0. The molecule has 0 aliphatic carbocycles. The number of aromatic carboxylic acids is 4. The standard InChI is InChI=1S/C24H18O10/c25-21(26)15-5-16(22(27)28)8-19(7-15)33-11-13-1-2-14(4-3-13)12-34-20-9-17(23(29)30)6-18(10-20)24(31)32/h1-10H,11-12H2,(H,25,26)(H,27,28)(H,29,30)(H,31,32). The van der Waals surface area contributed by atoms with Crippen LogP contribution in [-0.4, -0.2) is 44.3 Å². The molecule has 3 aromatic rings. The number of ether oxygens (including phenoxy) is 2. The van der Waals surface area contributed by atoms with E-state index in [1.165, 1.54) is 24.3 Å². The molecule has 0 atom stereocenters. The zero-order valence-electron chi connectivity index (χ0n) is 17.4. The summed E-state index contributed by atoms with van der Waals surface area (Å²) < 4.78 is 11.1. The van der Waals surface area contributed by atoms with Crippen molar-refractivity contribution in [3.05, 3.63) is 94.0 Å². The molecule has 3 rings (SSSR count). The molecule has 0 radical (unpaired) electrons. The first-order chi connectivity index (χ1) is 16.1. The van der Waals surface area contributed by atoms with Gasteiger partial charge in [0.1, 0.15) is 24.7 Å². The van der Waals surface area contributed by atoms with E-state index in [2.05, 4.69) is 0 Å². The lowest BCUT2D eigenvalue weighted by molar-refractivity contribution is 0.0675. The van der Waals surface area contributed by atoms with Crippen LogP contribution in [0.25, 0.3) is 0 Å². The van der Waals surface area contributed by atoms with Crippen LogP contribution < -0.4 is 9.47 Å². The molecule has 10 nitrogen and oxygen atoms in total. The molecule has 0 aliphatic heterocycles. The van der Waals surface area contributed by atoms with Gasteiger partial charge in [0.05, 0.1) is 22.3 Å². The minimum Gasteiger partial charge on any atom is -0.489 e. The van der Waals surface area contributed by atoms with Crippen molar-refractivity contribution in [2.24, 2.45) is 0 Å². The summed E-state index contributed by atoms with van der Waals surface area (Å²) in [5.41, 5.74) is 0.589. The maximum atomic E-state index is 11.2. The van der Waals surface area contributed by atoms with E-state index < -0.39 is 23.9 Å². The normalized spacial score (nSPS) is 10.4. The van der Waals surface area contributed by atoms with E-state index in [1.54, 1.807) is 24.3 Å². The Morgan fingerprint density at radius 3 is 1.00 bits per heavy atom. The van der Waals surface area contributed by atoms with Crippen LogP contribution in [0.4, 0.5) is 0 Å². The summed E-state index contributed by atoms with van der Waals surface area (Å²) in [6.07, 6.45) is 0. The molecule has 0 aliphatic rings. The molecule has 0 spiro atoms.